The van der Waals surface area contributed by atoms with Crippen LogP contribution in [0.4, 0.5) is 0 Å². The van der Waals surface area contributed by atoms with Gasteiger partial charge in [-0.3, -0.25) is 9.36 Å². The van der Waals surface area contributed by atoms with Crippen molar-refractivity contribution in [1.82, 2.24) is 15.0 Å². The Balaban J connectivity index is 2.19. The molecule has 0 aliphatic heterocycles. The van der Waals surface area contributed by atoms with Gasteiger partial charge in [-0.25, -0.2) is 0 Å². The first-order valence-electron chi connectivity index (χ1n) is 7.77. The van der Waals surface area contributed by atoms with Gasteiger partial charge in [0.25, 0.3) is 5.91 Å². The Morgan fingerprint density at radius 3 is 2.61 bits per heavy atom. The topological polar surface area (TPSA) is 80.3 Å². The summed E-state index contributed by atoms with van der Waals surface area (Å²) in [7, 11) is 0. The Bertz CT molecular complexity index is 698. The van der Waals surface area contributed by atoms with Crippen LogP contribution < -0.4 is 5.32 Å². The maximum absolute atomic E-state index is 12.5. The zero-order valence-electron chi connectivity index (χ0n) is 14.4. The van der Waals surface area contributed by atoms with E-state index in [0.29, 0.717) is 24.3 Å². The van der Waals surface area contributed by atoms with Gasteiger partial charge >= 0.3 is 0 Å². The van der Waals surface area contributed by atoms with Crippen LogP contribution in [-0.4, -0.2) is 33.9 Å². The number of nitrogens with zero attached hydrogens (tertiary/aromatic N) is 2. The van der Waals surface area contributed by atoms with Crippen LogP contribution in [0.15, 0.2) is 16.7 Å². The first-order chi connectivity index (χ1) is 10.7. The summed E-state index contributed by atoms with van der Waals surface area (Å²) in [6, 6.07) is 3.69. The Kier molecular flexibility index (Phi) is 4.94. The van der Waals surface area contributed by atoms with E-state index in [-0.39, 0.29) is 17.9 Å². The molecule has 126 valence electrons. The maximum Gasteiger partial charge on any atom is 0.253 e. The average Bonchev–Trinajstić information content (AvgIpc) is 3.00. The van der Waals surface area contributed by atoms with Gasteiger partial charge in [0.05, 0.1) is 5.56 Å². The summed E-state index contributed by atoms with van der Waals surface area (Å²) in [5.74, 6) is 1.29. The average molecular weight is 319 g/mol. The zero-order valence-corrected chi connectivity index (χ0v) is 14.4. The van der Waals surface area contributed by atoms with Crippen molar-refractivity contribution in [2.45, 2.75) is 41.0 Å². The van der Waals surface area contributed by atoms with E-state index in [1.807, 2.05) is 51.3 Å². The quantitative estimate of drug-likeness (QED) is 0.857. The van der Waals surface area contributed by atoms with Gasteiger partial charge < -0.3 is 14.9 Å². The van der Waals surface area contributed by atoms with Gasteiger partial charge in [0.1, 0.15) is 5.76 Å². The second-order valence-corrected chi connectivity index (χ2v) is 6.74. The molecule has 2 N–H and O–H groups in total. The van der Waals surface area contributed by atoms with Crippen LogP contribution in [0.3, 0.4) is 0 Å². The van der Waals surface area contributed by atoms with E-state index in [1.165, 1.54) is 0 Å². The van der Waals surface area contributed by atoms with Crippen molar-refractivity contribution in [3.05, 3.63) is 34.8 Å². The molecular formula is C17H25N3O3. The summed E-state index contributed by atoms with van der Waals surface area (Å²) >= 11 is 0. The highest BCUT2D eigenvalue weighted by Crippen LogP contribution is 2.22. The van der Waals surface area contributed by atoms with Crippen molar-refractivity contribution in [2.24, 2.45) is 5.41 Å². The highest BCUT2D eigenvalue weighted by atomic mass is 16.5. The minimum absolute atomic E-state index is 0.114. The second-order valence-electron chi connectivity index (χ2n) is 6.74. The molecule has 6 nitrogen and oxygen atoms in total. The van der Waals surface area contributed by atoms with Crippen molar-refractivity contribution in [1.29, 1.82) is 0 Å². The fraction of sp³-hybridized carbons (Fsp3) is 0.529. The molecular weight excluding hydrogens is 294 g/mol. The van der Waals surface area contributed by atoms with Crippen LogP contribution in [0.2, 0.25) is 0 Å². The predicted octanol–water partition coefficient (Wildman–Crippen LogP) is 2.53. The summed E-state index contributed by atoms with van der Waals surface area (Å²) < 4.78 is 7.03. The molecule has 2 aromatic rings. The minimum atomic E-state index is -0.140. The normalized spacial score (nSPS) is 11.7. The number of nitrogens with one attached hydrogen (secondary N) is 1. The third kappa shape index (κ3) is 3.82. The molecule has 0 spiro atoms. The molecule has 6 heteroatoms. The molecule has 0 radical (unpaired) electrons. The highest BCUT2D eigenvalue weighted by molar-refractivity contribution is 5.95. The largest absolute Gasteiger partial charge is 0.396 e. The first kappa shape index (κ1) is 17.3. The molecule has 0 unspecified atom stereocenters. The van der Waals surface area contributed by atoms with Crippen LogP contribution in [-0.2, 0) is 0 Å². The molecule has 0 bridgehead atoms. The van der Waals surface area contributed by atoms with Gasteiger partial charge in [0.15, 0.2) is 5.82 Å². The Morgan fingerprint density at radius 1 is 1.35 bits per heavy atom. The molecule has 1 amide bonds. The third-order valence-corrected chi connectivity index (χ3v) is 4.04. The van der Waals surface area contributed by atoms with E-state index in [1.54, 1.807) is 0 Å². The van der Waals surface area contributed by atoms with Gasteiger partial charge in [-0.05, 0) is 38.7 Å². The number of hydrogen-bond acceptors (Lipinski definition) is 4. The van der Waals surface area contributed by atoms with Crippen LogP contribution in [0.25, 0.3) is 5.82 Å². The fourth-order valence-corrected chi connectivity index (χ4v) is 2.61. The van der Waals surface area contributed by atoms with Gasteiger partial charge in [0, 0.05) is 30.6 Å². The summed E-state index contributed by atoms with van der Waals surface area (Å²) in [5, 5.41) is 16.0. The lowest BCUT2D eigenvalue weighted by atomic mass is 9.89. The molecule has 0 saturated heterocycles. The van der Waals surface area contributed by atoms with Gasteiger partial charge in [-0.1, -0.05) is 19.0 Å². The molecule has 0 fully saturated rings. The zero-order chi connectivity index (χ0) is 17.2. The lowest BCUT2D eigenvalue weighted by Gasteiger charge is -2.23. The number of carbonyl (C=O) groups is 1. The molecule has 2 aromatic heterocycles. The second kappa shape index (κ2) is 6.58. The standard InChI is InChI=1S/C17H25N3O3/c1-11-8-14(16(22)18-10-17(4,5)6-7-21)13(3)20(11)15-9-12(2)23-19-15/h8-9,21H,6-7,10H2,1-5H3,(H,18,22). The van der Waals surface area contributed by atoms with Crippen LogP contribution in [0, 0.1) is 26.2 Å². The summed E-state index contributed by atoms with van der Waals surface area (Å²) in [5.41, 5.74) is 2.24. The molecule has 2 heterocycles. The molecule has 0 aliphatic rings. The molecule has 2 rings (SSSR count). The Morgan fingerprint density at radius 2 is 2.04 bits per heavy atom. The van der Waals surface area contributed by atoms with Crippen molar-refractivity contribution in [3.8, 4) is 5.82 Å². The lowest BCUT2D eigenvalue weighted by molar-refractivity contribution is 0.0927. The van der Waals surface area contributed by atoms with Crippen LogP contribution in [0.5, 0.6) is 0 Å². The van der Waals surface area contributed by atoms with Crippen molar-refractivity contribution in [2.75, 3.05) is 13.2 Å². The highest BCUT2D eigenvalue weighted by Gasteiger charge is 2.22. The van der Waals surface area contributed by atoms with E-state index in [2.05, 4.69) is 10.5 Å². The lowest BCUT2D eigenvalue weighted by Crippen LogP contribution is -2.34. The number of hydrogen-bond donors (Lipinski definition) is 2. The van der Waals surface area contributed by atoms with E-state index in [0.717, 1.165) is 17.1 Å². The number of aryl methyl sites for hydroxylation is 2. The first-order valence-corrected chi connectivity index (χ1v) is 7.77. The number of aliphatic hydroxyl groups is 1. The molecule has 0 atom stereocenters. The fourth-order valence-electron chi connectivity index (χ4n) is 2.61. The van der Waals surface area contributed by atoms with E-state index in [4.69, 9.17) is 9.63 Å². The Labute approximate surface area is 136 Å². The summed E-state index contributed by atoms with van der Waals surface area (Å²) in [4.78, 5) is 12.5. The smallest absolute Gasteiger partial charge is 0.253 e. The van der Waals surface area contributed by atoms with E-state index in [9.17, 15) is 4.79 Å². The van der Waals surface area contributed by atoms with Gasteiger partial charge in [-0.2, -0.15) is 0 Å². The summed E-state index contributed by atoms with van der Waals surface area (Å²) in [6.07, 6.45) is 0.643. The SMILES string of the molecule is Cc1cc(-n2c(C)cc(C(=O)NCC(C)(C)CCO)c2C)no1. The number of rotatable bonds is 6. The van der Waals surface area contributed by atoms with Crippen molar-refractivity contribution >= 4 is 5.91 Å². The molecule has 0 saturated carbocycles. The molecule has 0 aliphatic carbocycles. The number of aromatic nitrogens is 2. The van der Waals surface area contributed by atoms with Crippen molar-refractivity contribution < 1.29 is 14.4 Å². The molecule has 23 heavy (non-hydrogen) atoms. The van der Waals surface area contributed by atoms with E-state index < -0.39 is 0 Å². The number of carbonyl (C=O) groups excluding carboxylic acids is 1. The van der Waals surface area contributed by atoms with Crippen LogP contribution >= 0.6 is 0 Å². The van der Waals surface area contributed by atoms with Gasteiger partial charge in [0.2, 0.25) is 0 Å². The molecule has 0 aromatic carbocycles. The van der Waals surface area contributed by atoms with Gasteiger partial charge in [-0.15, -0.1) is 0 Å². The third-order valence-electron chi connectivity index (χ3n) is 4.04. The van der Waals surface area contributed by atoms with Crippen molar-refractivity contribution in [3.63, 3.8) is 0 Å². The van der Waals surface area contributed by atoms with Crippen LogP contribution in [0.1, 0.15) is 47.8 Å². The number of amides is 1. The summed E-state index contributed by atoms with van der Waals surface area (Å²) in [6.45, 7) is 10.3. The van der Waals surface area contributed by atoms with E-state index >= 15 is 0 Å². The predicted molar refractivity (Wildman–Crippen MR) is 87.9 cm³/mol. The maximum atomic E-state index is 12.5. The monoisotopic (exact) mass is 319 g/mol. The minimum Gasteiger partial charge on any atom is -0.396 e. The Hall–Kier alpha value is -2.08. The number of aliphatic hydroxyl groups excluding tert-OH is 1.